The normalized spacial score (nSPS) is 18.4. The zero-order valence-corrected chi connectivity index (χ0v) is 22.4. The molecule has 0 aliphatic carbocycles. The van der Waals surface area contributed by atoms with Gasteiger partial charge in [-0.15, -0.1) is 0 Å². The van der Waals surface area contributed by atoms with Gasteiger partial charge in [0, 0.05) is 75.6 Å². The standard InChI is InChI=1S/C29H32F2N8O/c1-37-8-10-38(11-9-37)18-24-4-3-23(16-33-24)34-28(40)27-25-13-21(2-5-26(25)35-36-27)22-12-20(14-32-15-22)17-39-7-6-29(30,31)19-39/h2-5,12-16H,6-11,17-19H2,1H3,(H,34,40)(H,35,36). The number of likely N-dealkylation sites (tertiary alicyclic amines) is 1. The van der Waals surface area contributed by atoms with E-state index in [-0.39, 0.29) is 24.6 Å². The van der Waals surface area contributed by atoms with Gasteiger partial charge in [-0.2, -0.15) is 5.10 Å². The number of pyridine rings is 2. The van der Waals surface area contributed by atoms with Crippen LogP contribution in [-0.4, -0.2) is 93.0 Å². The van der Waals surface area contributed by atoms with Crippen LogP contribution in [0.2, 0.25) is 0 Å². The quantitative estimate of drug-likeness (QED) is 0.364. The molecule has 0 atom stereocenters. The summed E-state index contributed by atoms with van der Waals surface area (Å²) in [5.74, 6) is -2.96. The van der Waals surface area contributed by atoms with Crippen molar-refractivity contribution in [1.29, 1.82) is 0 Å². The molecule has 6 rings (SSSR count). The van der Waals surface area contributed by atoms with Crippen LogP contribution in [0.4, 0.5) is 14.5 Å². The largest absolute Gasteiger partial charge is 0.319 e. The van der Waals surface area contributed by atoms with E-state index in [4.69, 9.17) is 0 Å². The molecule has 0 radical (unpaired) electrons. The maximum atomic E-state index is 13.6. The molecule has 0 unspecified atom stereocenters. The summed E-state index contributed by atoms with van der Waals surface area (Å²) < 4.78 is 27.2. The average molecular weight is 547 g/mol. The molecule has 5 heterocycles. The fourth-order valence-electron chi connectivity index (χ4n) is 5.32. The van der Waals surface area contributed by atoms with Crippen LogP contribution in [0.1, 0.15) is 28.2 Å². The second kappa shape index (κ2) is 11.0. The van der Waals surface area contributed by atoms with Crippen molar-refractivity contribution in [2.75, 3.05) is 51.6 Å². The number of hydrogen-bond acceptors (Lipinski definition) is 7. The van der Waals surface area contributed by atoms with Gasteiger partial charge in [-0.1, -0.05) is 6.07 Å². The number of likely N-dealkylation sites (N-methyl/N-ethyl adjacent to an activating group) is 1. The van der Waals surface area contributed by atoms with Crippen molar-refractivity contribution in [2.24, 2.45) is 0 Å². The van der Waals surface area contributed by atoms with Crippen LogP contribution in [-0.2, 0) is 13.1 Å². The maximum Gasteiger partial charge on any atom is 0.276 e. The van der Waals surface area contributed by atoms with Gasteiger partial charge < -0.3 is 10.2 Å². The van der Waals surface area contributed by atoms with Gasteiger partial charge in [-0.05, 0) is 48.5 Å². The predicted octanol–water partition coefficient (Wildman–Crippen LogP) is 3.86. The Labute approximate surface area is 231 Å². The summed E-state index contributed by atoms with van der Waals surface area (Å²) >= 11 is 0. The topological polar surface area (TPSA) is 93.3 Å². The fourth-order valence-corrected chi connectivity index (χ4v) is 5.32. The summed E-state index contributed by atoms with van der Waals surface area (Å²) in [6.45, 7) is 5.47. The van der Waals surface area contributed by atoms with E-state index in [0.29, 0.717) is 24.2 Å². The molecule has 0 spiro atoms. The Morgan fingerprint density at radius 3 is 2.58 bits per heavy atom. The summed E-state index contributed by atoms with van der Waals surface area (Å²) in [5.41, 5.74) is 5.15. The molecular weight excluding hydrogens is 514 g/mol. The number of carbonyl (C=O) groups excluding carboxylic acids is 1. The molecule has 11 heteroatoms. The number of alkyl halides is 2. The third kappa shape index (κ3) is 6.01. The minimum absolute atomic E-state index is 0.112. The molecule has 40 heavy (non-hydrogen) atoms. The van der Waals surface area contributed by atoms with Gasteiger partial charge in [0.25, 0.3) is 11.8 Å². The molecular formula is C29H32F2N8O. The molecule has 208 valence electrons. The molecule has 0 saturated carbocycles. The number of rotatable bonds is 7. The highest BCUT2D eigenvalue weighted by Gasteiger charge is 2.37. The molecule has 2 N–H and O–H groups in total. The summed E-state index contributed by atoms with van der Waals surface area (Å²) in [7, 11) is 2.13. The van der Waals surface area contributed by atoms with E-state index in [9.17, 15) is 13.6 Å². The third-order valence-electron chi connectivity index (χ3n) is 7.63. The van der Waals surface area contributed by atoms with Crippen LogP contribution >= 0.6 is 0 Å². The van der Waals surface area contributed by atoms with Crippen molar-refractivity contribution in [3.8, 4) is 11.1 Å². The van der Waals surface area contributed by atoms with Gasteiger partial charge in [0.15, 0.2) is 5.69 Å². The predicted molar refractivity (Wildman–Crippen MR) is 149 cm³/mol. The molecule has 1 amide bonds. The number of H-pyrrole nitrogens is 1. The van der Waals surface area contributed by atoms with Crippen LogP contribution in [0, 0.1) is 0 Å². The lowest BCUT2D eigenvalue weighted by Gasteiger charge is -2.32. The number of amides is 1. The number of carbonyl (C=O) groups is 1. The molecule has 2 aliphatic rings. The van der Waals surface area contributed by atoms with Crippen LogP contribution in [0.25, 0.3) is 22.0 Å². The third-order valence-corrected chi connectivity index (χ3v) is 7.63. The summed E-state index contributed by atoms with van der Waals surface area (Å²) in [6.07, 6.45) is 5.01. The second-order valence-corrected chi connectivity index (χ2v) is 10.8. The first kappa shape index (κ1) is 26.4. The number of fused-ring (bicyclic) bond motifs is 1. The van der Waals surface area contributed by atoms with Crippen LogP contribution < -0.4 is 5.32 Å². The Hall–Kier alpha value is -3.80. The number of nitrogens with one attached hydrogen (secondary N) is 2. The Kier molecular flexibility index (Phi) is 7.26. The monoisotopic (exact) mass is 546 g/mol. The lowest BCUT2D eigenvalue weighted by molar-refractivity contribution is 0.0115. The Balaban J connectivity index is 1.14. The SMILES string of the molecule is CN1CCN(Cc2ccc(NC(=O)c3n[nH]c4ccc(-c5cncc(CN6CCC(F)(F)C6)c5)cc34)cn2)CC1. The molecule has 2 aliphatic heterocycles. The lowest BCUT2D eigenvalue weighted by atomic mass is 10.0. The van der Waals surface area contributed by atoms with E-state index in [1.807, 2.05) is 36.4 Å². The van der Waals surface area contributed by atoms with E-state index < -0.39 is 5.92 Å². The first-order valence-corrected chi connectivity index (χ1v) is 13.5. The van der Waals surface area contributed by atoms with Gasteiger partial charge in [-0.3, -0.25) is 29.7 Å². The van der Waals surface area contributed by atoms with Crippen LogP contribution in [0.3, 0.4) is 0 Å². The van der Waals surface area contributed by atoms with Gasteiger partial charge in [0.05, 0.1) is 29.6 Å². The molecule has 0 bridgehead atoms. The molecule has 3 aromatic heterocycles. The summed E-state index contributed by atoms with van der Waals surface area (Å²) in [5, 5.41) is 10.8. The molecule has 1 aromatic carbocycles. The molecule has 2 fully saturated rings. The molecule has 2 saturated heterocycles. The minimum atomic E-state index is -2.63. The summed E-state index contributed by atoms with van der Waals surface area (Å²) in [4.78, 5) is 28.5. The highest BCUT2D eigenvalue weighted by Crippen LogP contribution is 2.29. The Morgan fingerprint density at radius 1 is 0.975 bits per heavy atom. The fraction of sp³-hybridized carbons (Fsp3) is 0.379. The zero-order valence-electron chi connectivity index (χ0n) is 22.4. The molecule has 9 nitrogen and oxygen atoms in total. The number of halogens is 2. The van der Waals surface area contributed by atoms with Crippen molar-refractivity contribution < 1.29 is 13.6 Å². The van der Waals surface area contributed by atoms with Gasteiger partial charge in [-0.25, -0.2) is 8.78 Å². The van der Waals surface area contributed by atoms with Crippen molar-refractivity contribution in [1.82, 2.24) is 34.9 Å². The highest BCUT2D eigenvalue weighted by atomic mass is 19.3. The van der Waals surface area contributed by atoms with E-state index >= 15 is 0 Å². The van der Waals surface area contributed by atoms with E-state index in [2.05, 4.69) is 42.3 Å². The van der Waals surface area contributed by atoms with E-state index in [0.717, 1.165) is 60.6 Å². The van der Waals surface area contributed by atoms with Crippen molar-refractivity contribution in [3.63, 3.8) is 0 Å². The van der Waals surface area contributed by atoms with Crippen LogP contribution in [0.5, 0.6) is 0 Å². The highest BCUT2D eigenvalue weighted by molar-refractivity contribution is 6.11. The zero-order chi connectivity index (χ0) is 27.7. The number of anilines is 1. The Bertz CT molecular complexity index is 1500. The van der Waals surface area contributed by atoms with E-state index in [1.165, 1.54) is 0 Å². The first-order chi connectivity index (χ1) is 19.3. The van der Waals surface area contributed by atoms with Crippen molar-refractivity contribution in [2.45, 2.75) is 25.4 Å². The number of aromatic amines is 1. The number of aromatic nitrogens is 4. The smallest absolute Gasteiger partial charge is 0.276 e. The Morgan fingerprint density at radius 2 is 1.82 bits per heavy atom. The van der Waals surface area contributed by atoms with Gasteiger partial charge in [0.1, 0.15) is 0 Å². The lowest BCUT2D eigenvalue weighted by Crippen LogP contribution is -2.43. The number of benzene rings is 1. The average Bonchev–Trinajstić information content (AvgIpc) is 3.53. The van der Waals surface area contributed by atoms with Gasteiger partial charge in [0.2, 0.25) is 0 Å². The second-order valence-electron chi connectivity index (χ2n) is 10.8. The van der Waals surface area contributed by atoms with Crippen molar-refractivity contribution in [3.05, 3.63) is 71.9 Å². The number of nitrogens with zero attached hydrogens (tertiary/aromatic N) is 6. The summed E-state index contributed by atoms with van der Waals surface area (Å²) in [6, 6.07) is 11.5. The van der Waals surface area contributed by atoms with Gasteiger partial charge >= 0.3 is 0 Å². The molecule has 4 aromatic rings. The maximum absolute atomic E-state index is 13.6. The number of piperazine rings is 1. The van der Waals surface area contributed by atoms with E-state index in [1.54, 1.807) is 23.5 Å². The van der Waals surface area contributed by atoms with Crippen LogP contribution in [0.15, 0.2) is 55.0 Å². The number of hydrogen-bond donors (Lipinski definition) is 2. The minimum Gasteiger partial charge on any atom is -0.319 e. The van der Waals surface area contributed by atoms with Crippen molar-refractivity contribution >= 4 is 22.5 Å². The first-order valence-electron chi connectivity index (χ1n) is 13.5.